The average molecular weight is 285 g/mol. The Morgan fingerprint density at radius 1 is 1.38 bits per heavy atom. The van der Waals surface area contributed by atoms with Crippen LogP contribution in [0.3, 0.4) is 0 Å². The Labute approximate surface area is 126 Å². The van der Waals surface area contributed by atoms with Crippen LogP contribution in [0.5, 0.6) is 0 Å². The number of fused-ring (bicyclic) bond motifs is 1. The zero-order valence-electron chi connectivity index (χ0n) is 13.0. The van der Waals surface area contributed by atoms with Crippen molar-refractivity contribution < 1.29 is 4.74 Å². The van der Waals surface area contributed by atoms with E-state index in [9.17, 15) is 0 Å². The third kappa shape index (κ3) is 2.68. The van der Waals surface area contributed by atoms with Gasteiger partial charge in [-0.15, -0.1) is 0 Å². The summed E-state index contributed by atoms with van der Waals surface area (Å²) in [5.41, 5.74) is 4.51. The molecule has 0 saturated carbocycles. The van der Waals surface area contributed by atoms with E-state index in [4.69, 9.17) is 4.74 Å². The van der Waals surface area contributed by atoms with E-state index in [1.165, 1.54) is 23.9 Å². The third-order valence-electron chi connectivity index (χ3n) is 4.25. The topological polar surface area (TPSA) is 37.4 Å². The highest BCUT2D eigenvalue weighted by Crippen LogP contribution is 2.33. The van der Waals surface area contributed by atoms with Gasteiger partial charge in [-0.25, -0.2) is 0 Å². The standard InChI is InChI=1S/C17H23N3O/c1-12-9-17(20-8-4-5-14(20)11-21-3)15-7-6-13(18-2)10-16(15)19-12/h6-7,9-10,14,18H,4-5,8,11H2,1-3H3. The first-order valence-corrected chi connectivity index (χ1v) is 7.57. The summed E-state index contributed by atoms with van der Waals surface area (Å²) in [7, 11) is 3.72. The molecule has 1 unspecified atom stereocenters. The molecule has 112 valence electrons. The Bertz CT molecular complexity index is 641. The predicted molar refractivity (Wildman–Crippen MR) is 88.3 cm³/mol. The van der Waals surface area contributed by atoms with Crippen molar-refractivity contribution in [2.75, 3.05) is 37.5 Å². The molecule has 0 aliphatic carbocycles. The SMILES string of the molecule is CNc1ccc2c(N3CCCC3COC)cc(C)nc2c1. The molecule has 0 bridgehead atoms. The van der Waals surface area contributed by atoms with Gasteiger partial charge >= 0.3 is 0 Å². The summed E-state index contributed by atoms with van der Waals surface area (Å²) in [6.07, 6.45) is 2.43. The third-order valence-corrected chi connectivity index (χ3v) is 4.25. The van der Waals surface area contributed by atoms with Gasteiger partial charge in [0.15, 0.2) is 0 Å². The molecule has 1 N–H and O–H groups in total. The summed E-state index contributed by atoms with van der Waals surface area (Å²) in [5.74, 6) is 0. The quantitative estimate of drug-likeness (QED) is 0.936. The zero-order valence-corrected chi connectivity index (χ0v) is 13.0. The Balaban J connectivity index is 2.08. The number of aromatic nitrogens is 1. The Hall–Kier alpha value is -1.81. The number of ether oxygens (including phenoxy) is 1. The van der Waals surface area contributed by atoms with E-state index in [1.807, 2.05) is 7.05 Å². The molecule has 1 aliphatic heterocycles. The average Bonchev–Trinajstić information content (AvgIpc) is 2.94. The molecule has 1 fully saturated rings. The normalized spacial score (nSPS) is 18.4. The summed E-state index contributed by atoms with van der Waals surface area (Å²) in [4.78, 5) is 7.18. The molecule has 3 rings (SSSR count). The predicted octanol–water partition coefficient (Wildman–Crippen LogP) is 3.20. The first kappa shape index (κ1) is 14.1. The maximum atomic E-state index is 5.39. The molecular formula is C17H23N3O. The van der Waals surface area contributed by atoms with Gasteiger partial charge in [-0.1, -0.05) is 0 Å². The lowest BCUT2D eigenvalue weighted by molar-refractivity contribution is 0.181. The van der Waals surface area contributed by atoms with Crippen LogP contribution in [-0.2, 0) is 4.74 Å². The van der Waals surface area contributed by atoms with Gasteiger partial charge in [0.2, 0.25) is 0 Å². The fourth-order valence-corrected chi connectivity index (χ4v) is 3.25. The molecule has 1 aromatic heterocycles. The molecule has 0 spiro atoms. The number of methoxy groups -OCH3 is 1. The van der Waals surface area contributed by atoms with Gasteiger partial charge in [-0.3, -0.25) is 4.98 Å². The van der Waals surface area contributed by atoms with E-state index in [-0.39, 0.29) is 0 Å². The van der Waals surface area contributed by atoms with Crippen molar-refractivity contribution in [1.82, 2.24) is 4.98 Å². The maximum Gasteiger partial charge on any atom is 0.0746 e. The Kier molecular flexibility index (Phi) is 3.97. The lowest BCUT2D eigenvalue weighted by atomic mass is 10.1. The van der Waals surface area contributed by atoms with E-state index in [0.717, 1.165) is 30.0 Å². The van der Waals surface area contributed by atoms with E-state index in [2.05, 4.69) is 46.4 Å². The minimum absolute atomic E-state index is 0.476. The molecular weight excluding hydrogens is 262 g/mol. The molecule has 2 heterocycles. The summed E-state index contributed by atoms with van der Waals surface area (Å²) in [5, 5.41) is 4.41. The molecule has 1 aromatic carbocycles. The van der Waals surface area contributed by atoms with Crippen LogP contribution in [0.1, 0.15) is 18.5 Å². The van der Waals surface area contributed by atoms with Crippen molar-refractivity contribution in [2.45, 2.75) is 25.8 Å². The number of pyridine rings is 1. The molecule has 1 saturated heterocycles. The zero-order chi connectivity index (χ0) is 14.8. The molecule has 1 atom stereocenters. The van der Waals surface area contributed by atoms with E-state index >= 15 is 0 Å². The monoisotopic (exact) mass is 285 g/mol. The molecule has 0 radical (unpaired) electrons. The Morgan fingerprint density at radius 2 is 2.24 bits per heavy atom. The molecule has 0 amide bonds. The number of benzene rings is 1. The van der Waals surface area contributed by atoms with Crippen molar-refractivity contribution in [1.29, 1.82) is 0 Å². The number of nitrogens with one attached hydrogen (secondary N) is 1. The van der Waals surface area contributed by atoms with Gasteiger partial charge in [-0.2, -0.15) is 0 Å². The van der Waals surface area contributed by atoms with E-state index in [1.54, 1.807) is 7.11 Å². The molecule has 4 heteroatoms. The van der Waals surface area contributed by atoms with Crippen molar-refractivity contribution in [3.05, 3.63) is 30.0 Å². The van der Waals surface area contributed by atoms with Gasteiger partial charge in [0.1, 0.15) is 0 Å². The van der Waals surface area contributed by atoms with Crippen molar-refractivity contribution in [3.8, 4) is 0 Å². The number of aryl methyl sites for hydroxylation is 1. The molecule has 2 aromatic rings. The first-order valence-electron chi connectivity index (χ1n) is 7.57. The summed E-state index contributed by atoms with van der Waals surface area (Å²) in [6, 6.07) is 9.08. The van der Waals surface area contributed by atoms with Crippen LogP contribution < -0.4 is 10.2 Å². The molecule has 4 nitrogen and oxygen atoms in total. The van der Waals surface area contributed by atoms with Crippen LogP contribution in [0.2, 0.25) is 0 Å². The van der Waals surface area contributed by atoms with Gasteiger partial charge < -0.3 is 15.0 Å². The minimum Gasteiger partial charge on any atom is -0.388 e. The largest absolute Gasteiger partial charge is 0.388 e. The van der Waals surface area contributed by atoms with Gasteiger partial charge in [0, 0.05) is 43.2 Å². The van der Waals surface area contributed by atoms with Crippen LogP contribution in [0.15, 0.2) is 24.3 Å². The van der Waals surface area contributed by atoms with Crippen LogP contribution in [0, 0.1) is 6.92 Å². The smallest absolute Gasteiger partial charge is 0.0746 e. The lowest BCUT2D eigenvalue weighted by Crippen LogP contribution is -2.33. The maximum absolute atomic E-state index is 5.39. The summed E-state index contributed by atoms with van der Waals surface area (Å²) >= 11 is 0. The molecule has 1 aliphatic rings. The number of rotatable bonds is 4. The van der Waals surface area contributed by atoms with Crippen LogP contribution >= 0.6 is 0 Å². The highest BCUT2D eigenvalue weighted by Gasteiger charge is 2.26. The van der Waals surface area contributed by atoms with Gasteiger partial charge in [0.05, 0.1) is 18.2 Å². The lowest BCUT2D eigenvalue weighted by Gasteiger charge is -2.28. The summed E-state index contributed by atoms with van der Waals surface area (Å²) < 4.78 is 5.39. The Morgan fingerprint density at radius 3 is 3.00 bits per heavy atom. The van der Waals surface area contributed by atoms with Crippen molar-refractivity contribution in [2.24, 2.45) is 0 Å². The molecule has 21 heavy (non-hydrogen) atoms. The first-order chi connectivity index (χ1) is 10.2. The summed E-state index contributed by atoms with van der Waals surface area (Å²) in [6.45, 7) is 3.95. The van der Waals surface area contributed by atoms with Crippen molar-refractivity contribution in [3.63, 3.8) is 0 Å². The van der Waals surface area contributed by atoms with Crippen LogP contribution in [0.25, 0.3) is 10.9 Å². The second kappa shape index (κ2) is 5.90. The van der Waals surface area contributed by atoms with E-state index in [0.29, 0.717) is 6.04 Å². The number of anilines is 2. The fourth-order valence-electron chi connectivity index (χ4n) is 3.25. The number of hydrogen-bond donors (Lipinski definition) is 1. The number of nitrogens with zero attached hydrogens (tertiary/aromatic N) is 2. The second-order valence-corrected chi connectivity index (χ2v) is 5.71. The second-order valence-electron chi connectivity index (χ2n) is 5.71. The van der Waals surface area contributed by atoms with Gasteiger partial charge in [-0.05, 0) is 44.0 Å². The highest BCUT2D eigenvalue weighted by atomic mass is 16.5. The van der Waals surface area contributed by atoms with Crippen LogP contribution in [-0.4, -0.2) is 38.3 Å². The highest BCUT2D eigenvalue weighted by molar-refractivity contribution is 5.94. The fraction of sp³-hybridized carbons (Fsp3) is 0.471. The van der Waals surface area contributed by atoms with Crippen LogP contribution in [0.4, 0.5) is 11.4 Å². The van der Waals surface area contributed by atoms with Crippen molar-refractivity contribution >= 4 is 22.3 Å². The minimum atomic E-state index is 0.476. The van der Waals surface area contributed by atoms with E-state index < -0.39 is 0 Å². The number of hydrogen-bond acceptors (Lipinski definition) is 4. The van der Waals surface area contributed by atoms with Gasteiger partial charge in [0.25, 0.3) is 0 Å².